The Morgan fingerprint density at radius 3 is 1.16 bits per heavy atom. The molecule has 15 heteroatoms. The number of para-hydroxylation sites is 2. The van der Waals surface area contributed by atoms with Crippen molar-refractivity contribution in [2.24, 2.45) is 0 Å². The summed E-state index contributed by atoms with van der Waals surface area (Å²) in [5.41, 5.74) is 4.64. The maximum absolute atomic E-state index is 12.5. The quantitative estimate of drug-likeness (QED) is 0.114. The Morgan fingerprint density at radius 2 is 0.855 bits per heavy atom. The number of hydrogen-bond acceptors (Lipinski definition) is 12. The smallest absolute Gasteiger partial charge is 0.341 e. The minimum absolute atomic E-state index is 0. The van der Waals surface area contributed by atoms with Crippen LogP contribution < -0.4 is 29.6 Å². The zero-order valence-corrected chi connectivity index (χ0v) is 32.8. The summed E-state index contributed by atoms with van der Waals surface area (Å²) >= 11 is 0. The topological polar surface area (TPSA) is 171 Å². The third-order valence-electron chi connectivity index (χ3n) is 7.85. The lowest BCUT2D eigenvalue weighted by atomic mass is 10.1. The molecule has 6 rings (SSSR count). The first-order valence-corrected chi connectivity index (χ1v) is 16.4. The molecule has 13 nitrogen and oxygen atoms in total. The first-order chi connectivity index (χ1) is 25.4. The molecule has 0 aliphatic rings. The van der Waals surface area contributed by atoms with Gasteiger partial charge in [0.05, 0.1) is 63.8 Å². The monoisotopic (exact) mass is 794 g/mol. The lowest BCUT2D eigenvalue weighted by Crippen LogP contribution is -2.10. The van der Waals surface area contributed by atoms with E-state index in [1.165, 1.54) is 12.4 Å². The third kappa shape index (κ3) is 10.1. The van der Waals surface area contributed by atoms with Crippen LogP contribution in [0.25, 0.3) is 21.8 Å². The number of benzene rings is 4. The van der Waals surface area contributed by atoms with E-state index in [9.17, 15) is 9.59 Å². The number of nitrogens with zero attached hydrogens (tertiary/aromatic N) is 2. The molecule has 0 fully saturated rings. The molecule has 0 radical (unpaired) electrons. The van der Waals surface area contributed by atoms with Crippen LogP contribution in [0.5, 0.6) is 23.0 Å². The molecular weight excluding hydrogens is 751 g/mol. The highest BCUT2D eigenvalue weighted by atomic mass is 35.5. The predicted octanol–water partition coefficient (Wildman–Crippen LogP) is 8.36. The van der Waals surface area contributed by atoms with Crippen LogP contribution in [0, 0.1) is 0 Å². The average Bonchev–Trinajstić information content (AvgIpc) is 3.18. The lowest BCUT2D eigenvalue weighted by Gasteiger charge is -2.17. The van der Waals surface area contributed by atoms with Gasteiger partial charge >= 0.3 is 11.9 Å². The van der Waals surface area contributed by atoms with Gasteiger partial charge in [0.1, 0.15) is 45.2 Å². The largest absolute Gasteiger partial charge is 0.496 e. The molecule has 55 heavy (non-hydrogen) atoms. The first kappa shape index (κ1) is 45.1. The van der Waals surface area contributed by atoms with Crippen LogP contribution in [0.3, 0.4) is 0 Å². The Kier molecular flexibility index (Phi) is 17.7. The summed E-state index contributed by atoms with van der Waals surface area (Å²) < 4.78 is 32.2. The molecule has 2 heterocycles. The van der Waals surface area contributed by atoms with Crippen molar-refractivity contribution < 1.29 is 43.5 Å². The summed E-state index contributed by atoms with van der Waals surface area (Å²) in [7, 11) is 6.30. The Hall–Kier alpha value is -6.02. The molecule has 0 aliphatic carbocycles. The third-order valence-corrected chi connectivity index (χ3v) is 7.85. The highest BCUT2D eigenvalue weighted by Crippen LogP contribution is 2.41. The van der Waals surface area contributed by atoms with Crippen molar-refractivity contribution in [2.45, 2.75) is 13.8 Å². The fourth-order valence-corrected chi connectivity index (χ4v) is 5.49. The van der Waals surface area contributed by atoms with Gasteiger partial charge in [-0.3, -0.25) is 9.97 Å². The average molecular weight is 796 g/mol. The highest BCUT2D eigenvalue weighted by Gasteiger charge is 2.23. The van der Waals surface area contributed by atoms with Crippen molar-refractivity contribution in [1.29, 1.82) is 0 Å². The molecule has 4 aromatic carbocycles. The minimum atomic E-state index is -0.454. The maximum atomic E-state index is 12.5. The van der Waals surface area contributed by atoms with Crippen molar-refractivity contribution in [1.82, 2.24) is 9.97 Å². The molecule has 292 valence electrons. The Balaban J connectivity index is 0.000000360. The second-order valence-electron chi connectivity index (χ2n) is 10.9. The first-order valence-electron chi connectivity index (χ1n) is 16.4. The predicted molar refractivity (Wildman–Crippen MR) is 219 cm³/mol. The van der Waals surface area contributed by atoms with Gasteiger partial charge in [0.15, 0.2) is 0 Å². The SMILES string of the molecule is CCOC(=O)c1cnc2c(OC)ccc(OC)c2c1Nc1ccccc1.CCOC(=O)c1cnc2c(OC)ccc(OC)c2c1Nc1ccccc1.Cl.Cl.O. The van der Waals surface area contributed by atoms with Gasteiger partial charge in [0.25, 0.3) is 0 Å². The highest BCUT2D eigenvalue weighted by molar-refractivity contribution is 6.10. The summed E-state index contributed by atoms with van der Waals surface area (Å²) in [6, 6.07) is 26.3. The van der Waals surface area contributed by atoms with Gasteiger partial charge in [-0.1, -0.05) is 36.4 Å². The Bertz CT molecular complexity index is 2020. The summed E-state index contributed by atoms with van der Waals surface area (Å²) in [6.07, 6.45) is 2.99. The fraction of sp³-hybridized carbons (Fsp3) is 0.200. The Labute approximate surface area is 331 Å². The number of fused-ring (bicyclic) bond motifs is 2. The minimum Gasteiger partial charge on any atom is -0.496 e. The van der Waals surface area contributed by atoms with Crippen LogP contribution in [0.4, 0.5) is 22.7 Å². The van der Waals surface area contributed by atoms with Crippen molar-refractivity contribution in [2.75, 3.05) is 52.3 Å². The Morgan fingerprint density at radius 1 is 0.527 bits per heavy atom. The van der Waals surface area contributed by atoms with Crippen LogP contribution in [0.15, 0.2) is 97.3 Å². The fourth-order valence-electron chi connectivity index (χ4n) is 5.49. The maximum Gasteiger partial charge on any atom is 0.341 e. The van der Waals surface area contributed by atoms with E-state index in [0.717, 1.165) is 11.4 Å². The van der Waals surface area contributed by atoms with E-state index < -0.39 is 11.9 Å². The molecular formula is C40H44Cl2N4O9. The van der Waals surface area contributed by atoms with Crippen LogP contribution in [-0.4, -0.2) is 69.0 Å². The molecule has 0 saturated heterocycles. The summed E-state index contributed by atoms with van der Waals surface area (Å²) in [6.45, 7) is 4.08. The number of aromatic nitrogens is 2. The van der Waals surface area contributed by atoms with E-state index in [2.05, 4.69) is 20.6 Å². The molecule has 0 bridgehead atoms. The van der Waals surface area contributed by atoms with E-state index in [-0.39, 0.29) is 43.5 Å². The van der Waals surface area contributed by atoms with Gasteiger partial charge in [-0.2, -0.15) is 0 Å². The number of methoxy groups -OCH3 is 4. The number of carbonyl (C=O) groups excluding carboxylic acids is 2. The van der Waals surface area contributed by atoms with Gasteiger partial charge in [0, 0.05) is 23.8 Å². The van der Waals surface area contributed by atoms with Crippen molar-refractivity contribution in [3.05, 3.63) is 108 Å². The normalized spacial score (nSPS) is 9.85. The molecule has 0 amide bonds. The molecule has 0 unspecified atom stereocenters. The van der Waals surface area contributed by atoms with Gasteiger partial charge < -0.3 is 44.5 Å². The van der Waals surface area contributed by atoms with Gasteiger partial charge in [0.2, 0.25) is 0 Å². The lowest BCUT2D eigenvalue weighted by molar-refractivity contribution is 0.0517. The van der Waals surface area contributed by atoms with Crippen LogP contribution in [0.1, 0.15) is 34.6 Å². The molecule has 4 N–H and O–H groups in total. The molecule has 6 aromatic rings. The second-order valence-corrected chi connectivity index (χ2v) is 10.9. The van der Waals surface area contributed by atoms with E-state index in [1.54, 1.807) is 66.6 Å². The van der Waals surface area contributed by atoms with Gasteiger partial charge in [-0.15, -0.1) is 24.8 Å². The van der Waals surface area contributed by atoms with Crippen molar-refractivity contribution >= 4 is 81.3 Å². The number of nitrogens with one attached hydrogen (secondary N) is 2. The van der Waals surface area contributed by atoms with Crippen LogP contribution in [0.2, 0.25) is 0 Å². The van der Waals surface area contributed by atoms with E-state index in [0.29, 0.717) is 67.3 Å². The zero-order chi connectivity index (χ0) is 37.0. The summed E-state index contributed by atoms with van der Waals surface area (Å²) in [5, 5.41) is 7.92. The van der Waals surface area contributed by atoms with E-state index in [1.807, 2.05) is 60.7 Å². The van der Waals surface area contributed by atoms with Gasteiger partial charge in [-0.05, 0) is 62.4 Å². The second kappa shape index (κ2) is 21.6. The van der Waals surface area contributed by atoms with Crippen molar-refractivity contribution in [3.63, 3.8) is 0 Å². The van der Waals surface area contributed by atoms with E-state index in [4.69, 9.17) is 28.4 Å². The molecule has 0 atom stereocenters. The number of carbonyl (C=O) groups is 2. The number of anilines is 4. The molecule has 2 aromatic heterocycles. The molecule has 0 spiro atoms. The number of ether oxygens (including phenoxy) is 6. The molecule has 0 saturated carbocycles. The van der Waals surface area contributed by atoms with E-state index >= 15 is 0 Å². The summed E-state index contributed by atoms with van der Waals surface area (Å²) in [5.74, 6) is 1.44. The number of halogens is 2. The number of hydrogen-bond donors (Lipinski definition) is 2. The van der Waals surface area contributed by atoms with Gasteiger partial charge in [-0.25, -0.2) is 9.59 Å². The summed E-state index contributed by atoms with van der Waals surface area (Å²) in [4.78, 5) is 33.8. The number of pyridine rings is 2. The number of esters is 2. The van der Waals surface area contributed by atoms with Crippen LogP contribution in [-0.2, 0) is 9.47 Å². The van der Waals surface area contributed by atoms with Crippen LogP contribution >= 0.6 is 24.8 Å². The van der Waals surface area contributed by atoms with Crippen molar-refractivity contribution in [3.8, 4) is 23.0 Å². The zero-order valence-electron chi connectivity index (χ0n) is 31.1. The molecule has 0 aliphatic heterocycles. The number of rotatable bonds is 12. The standard InChI is InChI=1S/2C20H20N2O4.2ClH.H2O/c2*1-4-26-20(23)14-12-21-19-16(25-3)11-10-15(24-2)17(19)18(14)22-13-8-6-5-7-9-13;;;/h2*5-12H,4H2,1-3H3,(H,21,22);2*1H;1H2.